The minimum atomic E-state index is 0.703. The van der Waals surface area contributed by atoms with Crippen LogP contribution in [0.15, 0.2) is 18.3 Å². The molecular formula is C14H21N3. The Morgan fingerprint density at radius 2 is 2.00 bits per heavy atom. The summed E-state index contributed by atoms with van der Waals surface area (Å²) in [6, 6.07) is 4.33. The molecule has 0 bridgehead atoms. The SMILES string of the molecule is NCCc1ccc(N2CC3CCCC3C2)nc1. The van der Waals surface area contributed by atoms with E-state index in [1.807, 2.05) is 6.20 Å². The first kappa shape index (κ1) is 11.0. The van der Waals surface area contributed by atoms with Gasteiger partial charge in [0, 0.05) is 19.3 Å². The first-order valence-corrected chi connectivity index (χ1v) is 6.77. The van der Waals surface area contributed by atoms with Crippen LogP contribution in [0.25, 0.3) is 0 Å². The number of fused-ring (bicyclic) bond motifs is 1. The lowest BCUT2D eigenvalue weighted by Crippen LogP contribution is -2.21. The number of rotatable bonds is 3. The fourth-order valence-electron chi connectivity index (χ4n) is 3.34. The average Bonchev–Trinajstić information content (AvgIpc) is 2.90. The number of hydrogen-bond donors (Lipinski definition) is 1. The molecule has 2 aliphatic rings. The molecule has 3 nitrogen and oxygen atoms in total. The summed E-state index contributed by atoms with van der Waals surface area (Å²) in [5, 5.41) is 0. The van der Waals surface area contributed by atoms with E-state index < -0.39 is 0 Å². The second-order valence-corrected chi connectivity index (χ2v) is 5.42. The summed E-state index contributed by atoms with van der Waals surface area (Å²) in [7, 11) is 0. The van der Waals surface area contributed by atoms with Crippen LogP contribution in [0, 0.1) is 11.8 Å². The van der Waals surface area contributed by atoms with E-state index in [1.54, 1.807) is 0 Å². The summed E-state index contributed by atoms with van der Waals surface area (Å²) in [6.45, 7) is 3.14. The largest absolute Gasteiger partial charge is 0.356 e. The Bertz CT molecular complexity index is 362. The van der Waals surface area contributed by atoms with Gasteiger partial charge in [0.1, 0.15) is 5.82 Å². The zero-order chi connectivity index (χ0) is 11.7. The lowest BCUT2D eigenvalue weighted by molar-refractivity contribution is 0.494. The fraction of sp³-hybridized carbons (Fsp3) is 0.643. The van der Waals surface area contributed by atoms with E-state index in [2.05, 4.69) is 22.0 Å². The van der Waals surface area contributed by atoms with E-state index in [9.17, 15) is 0 Å². The molecule has 92 valence electrons. The number of pyridine rings is 1. The lowest BCUT2D eigenvalue weighted by Gasteiger charge is -2.18. The Morgan fingerprint density at radius 1 is 1.24 bits per heavy atom. The minimum Gasteiger partial charge on any atom is -0.356 e. The van der Waals surface area contributed by atoms with E-state index in [1.165, 1.54) is 37.9 Å². The highest BCUT2D eigenvalue weighted by molar-refractivity contribution is 5.41. The van der Waals surface area contributed by atoms with Gasteiger partial charge in [0.25, 0.3) is 0 Å². The van der Waals surface area contributed by atoms with Gasteiger partial charge in [-0.2, -0.15) is 0 Å². The van der Waals surface area contributed by atoms with Gasteiger partial charge in [-0.05, 0) is 49.3 Å². The van der Waals surface area contributed by atoms with Crippen LogP contribution in [0.3, 0.4) is 0 Å². The molecule has 1 aromatic rings. The highest BCUT2D eigenvalue weighted by Crippen LogP contribution is 2.38. The summed E-state index contributed by atoms with van der Waals surface area (Å²) in [5.41, 5.74) is 6.79. The standard InChI is InChI=1S/C14H21N3/c15-7-6-11-4-5-14(16-8-11)17-9-12-2-1-3-13(12)10-17/h4-5,8,12-13H,1-3,6-7,9-10,15H2. The van der Waals surface area contributed by atoms with Crippen molar-refractivity contribution in [1.29, 1.82) is 0 Å². The van der Waals surface area contributed by atoms with E-state index in [-0.39, 0.29) is 0 Å². The number of aromatic nitrogens is 1. The molecule has 1 saturated carbocycles. The number of hydrogen-bond acceptors (Lipinski definition) is 3. The maximum absolute atomic E-state index is 5.54. The van der Waals surface area contributed by atoms with Gasteiger partial charge in [-0.15, -0.1) is 0 Å². The monoisotopic (exact) mass is 231 g/mol. The Balaban J connectivity index is 1.68. The van der Waals surface area contributed by atoms with Crippen LogP contribution in [0.2, 0.25) is 0 Å². The van der Waals surface area contributed by atoms with Crippen molar-refractivity contribution in [2.75, 3.05) is 24.5 Å². The van der Waals surface area contributed by atoms with Crippen molar-refractivity contribution in [3.05, 3.63) is 23.9 Å². The van der Waals surface area contributed by atoms with Gasteiger partial charge in [0.2, 0.25) is 0 Å². The van der Waals surface area contributed by atoms with E-state index >= 15 is 0 Å². The quantitative estimate of drug-likeness (QED) is 0.863. The topological polar surface area (TPSA) is 42.1 Å². The summed E-state index contributed by atoms with van der Waals surface area (Å²) in [5.74, 6) is 3.02. The molecule has 2 atom stereocenters. The van der Waals surface area contributed by atoms with Crippen molar-refractivity contribution in [1.82, 2.24) is 4.98 Å². The average molecular weight is 231 g/mol. The maximum Gasteiger partial charge on any atom is 0.128 e. The minimum absolute atomic E-state index is 0.703. The molecule has 2 fully saturated rings. The van der Waals surface area contributed by atoms with E-state index in [0.29, 0.717) is 6.54 Å². The molecule has 0 spiro atoms. The molecule has 1 aliphatic heterocycles. The molecular weight excluding hydrogens is 210 g/mol. The van der Waals surface area contributed by atoms with Gasteiger partial charge >= 0.3 is 0 Å². The second kappa shape index (κ2) is 4.65. The third-order valence-corrected chi connectivity index (χ3v) is 4.29. The summed E-state index contributed by atoms with van der Waals surface area (Å²) < 4.78 is 0. The fourth-order valence-corrected chi connectivity index (χ4v) is 3.34. The molecule has 1 saturated heterocycles. The first-order chi connectivity index (χ1) is 8.36. The highest BCUT2D eigenvalue weighted by atomic mass is 15.2. The second-order valence-electron chi connectivity index (χ2n) is 5.42. The lowest BCUT2D eigenvalue weighted by atomic mass is 10.0. The highest BCUT2D eigenvalue weighted by Gasteiger charge is 2.36. The Hall–Kier alpha value is -1.09. The van der Waals surface area contributed by atoms with Crippen LogP contribution in [0.5, 0.6) is 0 Å². The molecule has 1 aliphatic carbocycles. The molecule has 3 heteroatoms. The van der Waals surface area contributed by atoms with Crippen molar-refractivity contribution in [2.24, 2.45) is 17.6 Å². The van der Waals surface area contributed by atoms with Crippen molar-refractivity contribution < 1.29 is 0 Å². The van der Waals surface area contributed by atoms with Gasteiger partial charge in [-0.1, -0.05) is 12.5 Å². The molecule has 1 aromatic heterocycles. The zero-order valence-electron chi connectivity index (χ0n) is 10.3. The summed E-state index contributed by atoms with van der Waals surface area (Å²) in [4.78, 5) is 7.04. The van der Waals surface area contributed by atoms with Gasteiger partial charge < -0.3 is 10.6 Å². The molecule has 2 unspecified atom stereocenters. The number of anilines is 1. The van der Waals surface area contributed by atoms with Crippen molar-refractivity contribution in [3.8, 4) is 0 Å². The third-order valence-electron chi connectivity index (χ3n) is 4.29. The van der Waals surface area contributed by atoms with Gasteiger partial charge in [0.05, 0.1) is 0 Å². The molecule has 2 N–H and O–H groups in total. The molecule has 0 amide bonds. The van der Waals surface area contributed by atoms with Crippen LogP contribution in [0.4, 0.5) is 5.82 Å². The van der Waals surface area contributed by atoms with Crippen LogP contribution >= 0.6 is 0 Å². The predicted molar refractivity (Wildman–Crippen MR) is 70.0 cm³/mol. The van der Waals surface area contributed by atoms with Crippen LogP contribution in [-0.2, 0) is 6.42 Å². The van der Waals surface area contributed by atoms with Crippen molar-refractivity contribution >= 4 is 5.82 Å². The first-order valence-electron chi connectivity index (χ1n) is 6.77. The normalized spacial score (nSPS) is 27.5. The van der Waals surface area contributed by atoms with E-state index in [0.717, 1.165) is 24.1 Å². The Labute approximate surface area is 103 Å². The number of nitrogens with zero attached hydrogens (tertiary/aromatic N) is 2. The van der Waals surface area contributed by atoms with Gasteiger partial charge in [-0.25, -0.2) is 4.98 Å². The Kier molecular flexibility index (Phi) is 3.02. The van der Waals surface area contributed by atoms with Crippen molar-refractivity contribution in [2.45, 2.75) is 25.7 Å². The molecule has 0 radical (unpaired) electrons. The van der Waals surface area contributed by atoms with Crippen LogP contribution in [-0.4, -0.2) is 24.6 Å². The molecule has 17 heavy (non-hydrogen) atoms. The molecule has 2 heterocycles. The van der Waals surface area contributed by atoms with E-state index in [4.69, 9.17) is 5.73 Å². The Morgan fingerprint density at radius 3 is 2.59 bits per heavy atom. The van der Waals surface area contributed by atoms with Crippen LogP contribution in [0.1, 0.15) is 24.8 Å². The van der Waals surface area contributed by atoms with Crippen LogP contribution < -0.4 is 10.6 Å². The molecule has 3 rings (SSSR count). The number of nitrogens with two attached hydrogens (primary N) is 1. The summed E-state index contributed by atoms with van der Waals surface area (Å²) >= 11 is 0. The molecule has 0 aromatic carbocycles. The van der Waals surface area contributed by atoms with Gasteiger partial charge in [0.15, 0.2) is 0 Å². The van der Waals surface area contributed by atoms with Crippen molar-refractivity contribution in [3.63, 3.8) is 0 Å². The smallest absolute Gasteiger partial charge is 0.128 e. The third kappa shape index (κ3) is 2.16. The zero-order valence-corrected chi connectivity index (χ0v) is 10.3. The van der Waals surface area contributed by atoms with Gasteiger partial charge in [-0.3, -0.25) is 0 Å². The predicted octanol–water partition coefficient (Wildman–Crippen LogP) is 1.82. The maximum atomic E-state index is 5.54. The summed E-state index contributed by atoms with van der Waals surface area (Å²) in [6.07, 6.45) is 7.19.